The number of likely N-dealkylation sites (tertiary alicyclic amines) is 1. The van der Waals surface area contributed by atoms with Gasteiger partial charge in [0.15, 0.2) is 5.83 Å². The van der Waals surface area contributed by atoms with Gasteiger partial charge in [-0.25, -0.2) is 23.3 Å². The molecule has 1 aromatic carbocycles. The van der Waals surface area contributed by atoms with Crippen LogP contribution in [0.4, 0.5) is 18.4 Å². The van der Waals surface area contributed by atoms with Crippen LogP contribution in [0, 0.1) is 0 Å². The number of carbonyl (C=O) groups excluding carboxylic acids is 2. The van der Waals surface area contributed by atoms with Gasteiger partial charge in [-0.1, -0.05) is 37.3 Å². The lowest BCUT2D eigenvalue weighted by atomic mass is 9.74. The van der Waals surface area contributed by atoms with Gasteiger partial charge < -0.3 is 15.0 Å². The second-order valence-corrected chi connectivity index (χ2v) is 9.29. The Kier molecular flexibility index (Phi) is 7.12. The minimum Gasteiger partial charge on any atom is -0.446 e. The van der Waals surface area contributed by atoms with E-state index in [1.54, 1.807) is 0 Å². The van der Waals surface area contributed by atoms with E-state index in [4.69, 9.17) is 4.74 Å². The minimum atomic E-state index is -0.944. The summed E-state index contributed by atoms with van der Waals surface area (Å²) in [7, 11) is 0. The lowest BCUT2D eigenvalue weighted by molar-refractivity contribution is 0.157. The number of amides is 3. The van der Waals surface area contributed by atoms with Gasteiger partial charge in [0.2, 0.25) is 0 Å². The van der Waals surface area contributed by atoms with E-state index in [2.05, 4.69) is 41.4 Å². The van der Waals surface area contributed by atoms with Crippen LogP contribution in [0.2, 0.25) is 0 Å². The van der Waals surface area contributed by atoms with Crippen molar-refractivity contribution in [1.29, 1.82) is 0 Å². The van der Waals surface area contributed by atoms with E-state index in [1.165, 1.54) is 5.56 Å². The summed E-state index contributed by atoms with van der Waals surface area (Å²) in [6, 6.07) is 9.36. The van der Waals surface area contributed by atoms with Crippen LogP contribution in [0.15, 0.2) is 53.6 Å². The average molecular weight is 460 g/mol. The Morgan fingerprint density at radius 2 is 1.91 bits per heavy atom. The molecule has 2 aliphatic heterocycles. The molecule has 33 heavy (non-hydrogen) atoms. The lowest BCUT2D eigenvalue weighted by Gasteiger charge is -2.40. The number of urea groups is 1. The smallest absolute Gasteiger partial charge is 0.418 e. The van der Waals surface area contributed by atoms with Crippen molar-refractivity contribution >= 4 is 12.1 Å². The van der Waals surface area contributed by atoms with Crippen LogP contribution in [0.3, 0.4) is 0 Å². The maximum atomic E-state index is 13.7. The molecule has 0 radical (unpaired) electrons. The zero-order valence-corrected chi connectivity index (χ0v) is 19.0. The SMILES string of the molecule is CC1(c2ccccc2)CCN(CCCNC(=O)N2C(=O)OCC2C2=CC(F)=C(F)CC2)CC1. The fraction of sp³-hybridized carbons (Fsp3) is 0.520. The number of imide groups is 1. The topological polar surface area (TPSA) is 61.9 Å². The van der Waals surface area contributed by atoms with Gasteiger partial charge in [-0.2, -0.15) is 0 Å². The molecule has 2 saturated heterocycles. The monoisotopic (exact) mass is 459 g/mol. The van der Waals surface area contributed by atoms with Crippen molar-refractivity contribution < 1.29 is 23.1 Å². The van der Waals surface area contributed by atoms with Crippen molar-refractivity contribution in [2.24, 2.45) is 0 Å². The molecule has 0 bridgehead atoms. The molecule has 6 nitrogen and oxygen atoms in total. The first kappa shape index (κ1) is 23.4. The summed E-state index contributed by atoms with van der Waals surface area (Å²) in [6.07, 6.45) is 3.43. The average Bonchev–Trinajstić information content (AvgIpc) is 3.21. The van der Waals surface area contributed by atoms with Crippen molar-refractivity contribution in [3.8, 4) is 0 Å². The van der Waals surface area contributed by atoms with Gasteiger partial charge in [0, 0.05) is 13.0 Å². The van der Waals surface area contributed by atoms with Gasteiger partial charge in [0.1, 0.15) is 18.5 Å². The molecule has 3 aliphatic rings. The third kappa shape index (κ3) is 5.27. The number of allylic oxidation sites excluding steroid dienone is 3. The van der Waals surface area contributed by atoms with Crippen LogP contribution in [0.1, 0.15) is 44.6 Å². The van der Waals surface area contributed by atoms with Crippen LogP contribution in [-0.2, 0) is 10.2 Å². The number of carbonyl (C=O) groups is 2. The predicted octanol–water partition coefficient (Wildman–Crippen LogP) is 4.83. The number of nitrogens with one attached hydrogen (secondary N) is 1. The summed E-state index contributed by atoms with van der Waals surface area (Å²) >= 11 is 0. The minimum absolute atomic E-state index is 0.0407. The van der Waals surface area contributed by atoms with E-state index in [-0.39, 0.29) is 24.9 Å². The number of piperidine rings is 1. The molecule has 0 saturated carbocycles. The molecule has 3 amide bonds. The Morgan fingerprint density at radius 1 is 1.18 bits per heavy atom. The molecule has 0 spiro atoms. The van der Waals surface area contributed by atoms with Gasteiger partial charge in [0.05, 0.1) is 0 Å². The molecular weight excluding hydrogens is 428 g/mol. The highest BCUT2D eigenvalue weighted by molar-refractivity contribution is 5.93. The van der Waals surface area contributed by atoms with Crippen molar-refractivity contribution in [3.63, 3.8) is 0 Å². The first-order valence-corrected chi connectivity index (χ1v) is 11.6. The Balaban J connectivity index is 1.23. The maximum absolute atomic E-state index is 13.7. The highest BCUT2D eigenvalue weighted by Crippen LogP contribution is 2.35. The number of hydrogen-bond acceptors (Lipinski definition) is 4. The van der Waals surface area contributed by atoms with E-state index in [9.17, 15) is 18.4 Å². The van der Waals surface area contributed by atoms with Crippen LogP contribution in [-0.4, -0.2) is 60.8 Å². The summed E-state index contributed by atoms with van der Waals surface area (Å²) in [4.78, 5) is 28.1. The number of ether oxygens (including phenoxy) is 1. The van der Waals surface area contributed by atoms with Crippen molar-refractivity contribution in [3.05, 3.63) is 59.2 Å². The molecule has 1 unspecified atom stereocenters. The summed E-state index contributed by atoms with van der Waals surface area (Å²) < 4.78 is 32.0. The second kappa shape index (κ2) is 10.0. The van der Waals surface area contributed by atoms with Crippen molar-refractivity contribution in [2.45, 2.75) is 50.5 Å². The third-order valence-electron chi connectivity index (χ3n) is 7.08. The van der Waals surface area contributed by atoms with Crippen molar-refractivity contribution in [2.75, 3.05) is 32.8 Å². The lowest BCUT2D eigenvalue weighted by Crippen LogP contribution is -2.47. The second-order valence-electron chi connectivity index (χ2n) is 9.29. The molecule has 1 N–H and O–H groups in total. The Hall–Kier alpha value is -2.74. The standard InChI is InChI=1S/C25H31F2N3O3/c1-25(19-6-3-2-4-7-19)10-14-29(15-11-25)13-5-12-28-23(31)30-22(17-33-24(30)32)18-8-9-20(26)21(27)16-18/h2-4,6-7,16,22H,5,8-15,17H2,1H3,(H,28,31). The molecule has 1 aromatic rings. The highest BCUT2D eigenvalue weighted by Gasteiger charge is 2.40. The van der Waals surface area contributed by atoms with Gasteiger partial charge in [-0.3, -0.25) is 0 Å². The first-order valence-electron chi connectivity index (χ1n) is 11.6. The van der Waals surface area contributed by atoms with E-state index in [0.717, 1.165) is 49.9 Å². The molecule has 8 heteroatoms. The Labute approximate surface area is 193 Å². The summed E-state index contributed by atoms with van der Waals surface area (Å²) in [6.45, 7) is 5.57. The number of halogens is 2. The molecule has 4 rings (SSSR count). The third-order valence-corrected chi connectivity index (χ3v) is 7.08. The highest BCUT2D eigenvalue weighted by atomic mass is 19.2. The largest absolute Gasteiger partial charge is 0.446 e. The number of cyclic esters (lactones) is 1. The molecule has 1 aliphatic carbocycles. The Bertz CT molecular complexity index is 939. The first-order chi connectivity index (χ1) is 15.9. The predicted molar refractivity (Wildman–Crippen MR) is 121 cm³/mol. The normalized spacial score (nSPS) is 23.4. The number of rotatable bonds is 6. The van der Waals surface area contributed by atoms with E-state index < -0.39 is 29.8 Å². The van der Waals surface area contributed by atoms with Crippen molar-refractivity contribution in [1.82, 2.24) is 15.1 Å². The van der Waals surface area contributed by atoms with E-state index in [1.807, 2.05) is 6.07 Å². The number of nitrogens with zero attached hydrogens (tertiary/aromatic N) is 2. The summed E-state index contributed by atoms with van der Waals surface area (Å²) in [5.74, 6) is -1.75. The number of benzene rings is 1. The molecular formula is C25H31F2N3O3. The number of hydrogen-bond donors (Lipinski definition) is 1. The van der Waals surface area contributed by atoms with Gasteiger partial charge in [0.25, 0.3) is 0 Å². The van der Waals surface area contributed by atoms with Crippen LogP contribution >= 0.6 is 0 Å². The van der Waals surface area contributed by atoms with Crippen LogP contribution in [0.25, 0.3) is 0 Å². The Morgan fingerprint density at radius 3 is 2.61 bits per heavy atom. The van der Waals surface area contributed by atoms with Gasteiger partial charge in [-0.05, 0) is 67.9 Å². The fourth-order valence-electron chi connectivity index (χ4n) is 4.85. The van der Waals surface area contributed by atoms with Gasteiger partial charge in [-0.15, -0.1) is 0 Å². The fourth-order valence-corrected chi connectivity index (χ4v) is 4.85. The molecule has 1 atom stereocenters. The molecule has 178 valence electrons. The van der Waals surface area contributed by atoms with Gasteiger partial charge >= 0.3 is 12.1 Å². The van der Waals surface area contributed by atoms with Crippen LogP contribution in [0.5, 0.6) is 0 Å². The van der Waals surface area contributed by atoms with Crippen LogP contribution < -0.4 is 5.32 Å². The quantitative estimate of drug-likeness (QED) is 0.619. The van der Waals surface area contributed by atoms with E-state index in [0.29, 0.717) is 12.1 Å². The maximum Gasteiger partial charge on any atom is 0.418 e. The molecule has 0 aromatic heterocycles. The zero-order chi connectivity index (χ0) is 23.4. The summed E-state index contributed by atoms with van der Waals surface area (Å²) in [5.41, 5.74) is 2.07. The zero-order valence-electron chi connectivity index (χ0n) is 19.0. The molecule has 2 heterocycles. The molecule has 2 fully saturated rings. The van der Waals surface area contributed by atoms with E-state index >= 15 is 0 Å². The summed E-state index contributed by atoms with van der Waals surface area (Å²) in [5, 5.41) is 2.78.